The molecule has 0 aliphatic carbocycles. The van der Waals surface area contributed by atoms with Crippen molar-refractivity contribution in [3.63, 3.8) is 0 Å². The van der Waals surface area contributed by atoms with Gasteiger partial charge in [-0.05, 0) is 55.3 Å². The highest BCUT2D eigenvalue weighted by Crippen LogP contribution is 2.13. The molecule has 0 saturated carbocycles. The van der Waals surface area contributed by atoms with E-state index in [-0.39, 0.29) is 18.5 Å². The van der Waals surface area contributed by atoms with Crippen LogP contribution >= 0.6 is 15.9 Å². The second-order valence-electron chi connectivity index (χ2n) is 5.69. The summed E-state index contributed by atoms with van der Waals surface area (Å²) in [7, 11) is 0. The van der Waals surface area contributed by atoms with Gasteiger partial charge in [-0.1, -0.05) is 35.0 Å². The van der Waals surface area contributed by atoms with Crippen molar-refractivity contribution in [2.45, 2.75) is 20.3 Å². The zero-order chi connectivity index (χ0) is 19.6. The zero-order valence-corrected chi connectivity index (χ0v) is 16.8. The van der Waals surface area contributed by atoms with Gasteiger partial charge in [0, 0.05) is 4.47 Å². The van der Waals surface area contributed by atoms with Gasteiger partial charge in [-0.15, -0.1) is 0 Å². The predicted octanol–water partition coefficient (Wildman–Crippen LogP) is 3.94. The lowest BCUT2D eigenvalue weighted by molar-refractivity contribution is -0.123. The van der Waals surface area contributed by atoms with Crippen LogP contribution in [-0.2, 0) is 9.53 Å². The van der Waals surface area contributed by atoms with E-state index in [9.17, 15) is 9.59 Å². The number of rotatable bonds is 8. The number of amides is 1. The van der Waals surface area contributed by atoms with E-state index < -0.39 is 0 Å². The van der Waals surface area contributed by atoms with Crippen molar-refractivity contribution in [1.82, 2.24) is 5.43 Å². The molecule has 0 bridgehead atoms. The summed E-state index contributed by atoms with van der Waals surface area (Å²) < 4.78 is 11.4. The van der Waals surface area contributed by atoms with E-state index in [1.807, 2.05) is 31.2 Å². The first-order valence-electron chi connectivity index (χ1n) is 8.48. The van der Waals surface area contributed by atoms with Gasteiger partial charge in [-0.25, -0.2) is 10.2 Å². The van der Waals surface area contributed by atoms with Crippen LogP contribution in [0.25, 0.3) is 0 Å². The van der Waals surface area contributed by atoms with Crippen LogP contribution in [0.1, 0.15) is 36.2 Å². The third-order valence-corrected chi connectivity index (χ3v) is 4.04. The second-order valence-corrected chi connectivity index (χ2v) is 6.60. The molecule has 0 fully saturated rings. The highest BCUT2D eigenvalue weighted by Gasteiger charge is 2.07. The van der Waals surface area contributed by atoms with Gasteiger partial charge >= 0.3 is 5.97 Å². The topological polar surface area (TPSA) is 77.0 Å². The van der Waals surface area contributed by atoms with Crippen LogP contribution in [-0.4, -0.2) is 30.8 Å². The van der Waals surface area contributed by atoms with Crippen LogP contribution < -0.4 is 10.2 Å². The number of nitrogens with zero attached hydrogens (tertiary/aromatic N) is 1. The summed E-state index contributed by atoms with van der Waals surface area (Å²) in [6.07, 6.45) is 0.770. The number of carbonyl (C=O) groups is 2. The Morgan fingerprint density at radius 2 is 1.67 bits per heavy atom. The van der Waals surface area contributed by atoms with Gasteiger partial charge < -0.3 is 9.47 Å². The predicted molar refractivity (Wildman–Crippen MR) is 107 cm³/mol. The van der Waals surface area contributed by atoms with Gasteiger partial charge in [-0.2, -0.15) is 5.10 Å². The molecule has 6 nitrogen and oxygen atoms in total. The number of ether oxygens (including phenoxy) is 2. The minimum Gasteiger partial charge on any atom is -0.484 e. The van der Waals surface area contributed by atoms with Crippen LogP contribution in [0.5, 0.6) is 5.75 Å². The molecular formula is C20H21BrN2O4. The standard InChI is InChI=1S/C20H21BrN2O4/c1-3-12-26-20(25)16-6-10-18(11-7-16)27-13-19(24)23-22-14(2)15-4-8-17(21)9-5-15/h4-11H,3,12-13H2,1-2H3,(H,23,24)/b22-14+. The lowest BCUT2D eigenvalue weighted by atomic mass is 10.1. The summed E-state index contributed by atoms with van der Waals surface area (Å²) in [5, 5.41) is 4.06. The molecule has 1 N–H and O–H groups in total. The molecule has 2 aromatic rings. The van der Waals surface area contributed by atoms with E-state index in [4.69, 9.17) is 9.47 Å². The van der Waals surface area contributed by atoms with Gasteiger partial charge in [0.1, 0.15) is 5.75 Å². The Morgan fingerprint density at radius 1 is 1.04 bits per heavy atom. The Kier molecular flexibility index (Phi) is 8.00. The van der Waals surface area contributed by atoms with Gasteiger partial charge in [0.15, 0.2) is 6.61 Å². The fourth-order valence-electron chi connectivity index (χ4n) is 2.05. The number of hydrazone groups is 1. The first-order chi connectivity index (χ1) is 13.0. The summed E-state index contributed by atoms with van der Waals surface area (Å²) in [6, 6.07) is 14.0. The number of nitrogens with one attached hydrogen (secondary N) is 1. The molecule has 0 aromatic heterocycles. The molecule has 1 amide bonds. The SMILES string of the molecule is CCCOC(=O)c1ccc(OCC(=O)N/N=C(\C)c2ccc(Br)cc2)cc1. The molecule has 0 saturated heterocycles. The monoisotopic (exact) mass is 432 g/mol. The Labute approximate surface area is 166 Å². The fourth-order valence-corrected chi connectivity index (χ4v) is 2.31. The van der Waals surface area contributed by atoms with Gasteiger partial charge in [0.05, 0.1) is 17.9 Å². The van der Waals surface area contributed by atoms with Crippen molar-refractivity contribution < 1.29 is 19.1 Å². The first kappa shape index (κ1) is 20.6. The molecule has 0 heterocycles. The molecule has 0 atom stereocenters. The van der Waals surface area contributed by atoms with Crippen LogP contribution in [0.15, 0.2) is 58.1 Å². The minimum atomic E-state index is -0.377. The largest absolute Gasteiger partial charge is 0.484 e. The van der Waals surface area contributed by atoms with E-state index in [2.05, 4.69) is 26.5 Å². The van der Waals surface area contributed by atoms with Gasteiger partial charge in [0.2, 0.25) is 0 Å². The highest BCUT2D eigenvalue weighted by atomic mass is 79.9. The Balaban J connectivity index is 1.82. The summed E-state index contributed by atoms with van der Waals surface area (Å²) in [4.78, 5) is 23.6. The van der Waals surface area contributed by atoms with Crippen LogP contribution in [0.2, 0.25) is 0 Å². The number of hydrogen-bond acceptors (Lipinski definition) is 5. The quantitative estimate of drug-likeness (QED) is 0.389. The Bertz CT molecular complexity index is 802. The van der Waals surface area contributed by atoms with E-state index in [0.717, 1.165) is 16.5 Å². The molecule has 7 heteroatoms. The van der Waals surface area contributed by atoms with Crippen molar-refractivity contribution in [2.24, 2.45) is 5.10 Å². The third kappa shape index (κ3) is 6.86. The lowest BCUT2D eigenvalue weighted by Gasteiger charge is -2.07. The summed E-state index contributed by atoms with van der Waals surface area (Å²) in [5.74, 6) is -0.275. The summed E-state index contributed by atoms with van der Waals surface area (Å²) in [6.45, 7) is 3.94. The third-order valence-electron chi connectivity index (χ3n) is 3.51. The molecule has 142 valence electrons. The van der Waals surface area contributed by atoms with Crippen LogP contribution in [0, 0.1) is 0 Å². The molecule has 0 spiro atoms. The number of carbonyl (C=O) groups excluding carboxylic acids is 2. The molecule has 2 aromatic carbocycles. The van der Waals surface area contributed by atoms with Crippen molar-refractivity contribution in [2.75, 3.05) is 13.2 Å². The average Bonchev–Trinajstić information content (AvgIpc) is 2.69. The van der Waals surface area contributed by atoms with Crippen LogP contribution in [0.3, 0.4) is 0 Å². The fraction of sp³-hybridized carbons (Fsp3) is 0.250. The van der Waals surface area contributed by atoms with Gasteiger partial charge in [-0.3, -0.25) is 4.79 Å². The van der Waals surface area contributed by atoms with E-state index in [1.165, 1.54) is 0 Å². The van der Waals surface area contributed by atoms with E-state index in [1.54, 1.807) is 31.2 Å². The molecule has 0 radical (unpaired) electrons. The van der Waals surface area contributed by atoms with Crippen molar-refractivity contribution in [3.8, 4) is 5.75 Å². The number of esters is 1. The molecular weight excluding hydrogens is 412 g/mol. The lowest BCUT2D eigenvalue weighted by Crippen LogP contribution is -2.25. The van der Waals surface area contributed by atoms with Crippen molar-refractivity contribution in [3.05, 3.63) is 64.1 Å². The van der Waals surface area contributed by atoms with Crippen molar-refractivity contribution >= 4 is 33.5 Å². The maximum atomic E-state index is 11.9. The molecule has 0 aliphatic heterocycles. The Morgan fingerprint density at radius 3 is 2.30 bits per heavy atom. The molecule has 2 rings (SSSR count). The summed E-state index contributed by atoms with van der Waals surface area (Å²) >= 11 is 3.37. The van der Waals surface area contributed by atoms with E-state index >= 15 is 0 Å². The molecule has 27 heavy (non-hydrogen) atoms. The smallest absolute Gasteiger partial charge is 0.338 e. The van der Waals surface area contributed by atoms with Crippen LogP contribution in [0.4, 0.5) is 0 Å². The number of benzene rings is 2. The molecule has 0 aliphatic rings. The normalized spacial score (nSPS) is 11.0. The zero-order valence-electron chi connectivity index (χ0n) is 15.2. The second kappa shape index (κ2) is 10.5. The van der Waals surface area contributed by atoms with Crippen molar-refractivity contribution in [1.29, 1.82) is 0 Å². The number of halogens is 1. The maximum absolute atomic E-state index is 11.9. The highest BCUT2D eigenvalue weighted by molar-refractivity contribution is 9.10. The number of hydrogen-bond donors (Lipinski definition) is 1. The van der Waals surface area contributed by atoms with Gasteiger partial charge in [0.25, 0.3) is 5.91 Å². The minimum absolute atomic E-state index is 0.184. The first-order valence-corrected chi connectivity index (χ1v) is 9.28. The average molecular weight is 433 g/mol. The summed E-state index contributed by atoms with van der Waals surface area (Å²) in [5.41, 5.74) is 4.49. The molecule has 0 unspecified atom stereocenters. The van der Waals surface area contributed by atoms with E-state index in [0.29, 0.717) is 23.6 Å². The Hall–Kier alpha value is -2.67. The maximum Gasteiger partial charge on any atom is 0.338 e.